The fourth-order valence-electron chi connectivity index (χ4n) is 0.662. The van der Waals surface area contributed by atoms with Gasteiger partial charge in [0.25, 0.3) is 0 Å². The lowest BCUT2D eigenvalue weighted by atomic mass is 10.3. The second kappa shape index (κ2) is 5.29. The minimum Gasteiger partial charge on any atom is -0.226 e. The highest BCUT2D eigenvalue weighted by Crippen LogP contribution is 1.93. The third-order valence-electron chi connectivity index (χ3n) is 1.20. The Kier molecular flexibility index (Phi) is 3.95. The van der Waals surface area contributed by atoms with Gasteiger partial charge in [-0.2, -0.15) is 5.26 Å². The molecule has 0 saturated carbocycles. The molecule has 0 spiro atoms. The van der Waals surface area contributed by atoms with Gasteiger partial charge in [-0.25, -0.2) is 9.97 Å². The van der Waals surface area contributed by atoms with E-state index >= 15 is 0 Å². The van der Waals surface area contributed by atoms with Crippen LogP contribution >= 0.6 is 15.9 Å². The van der Waals surface area contributed by atoms with Crippen LogP contribution < -0.4 is 0 Å². The fraction of sp³-hybridized carbons (Fsp3) is 0.222. The Labute approximate surface area is 85.0 Å². The highest BCUT2D eigenvalue weighted by atomic mass is 79.9. The van der Waals surface area contributed by atoms with E-state index in [-0.39, 0.29) is 5.82 Å². The maximum Gasteiger partial charge on any atom is 0.232 e. The Morgan fingerprint density at radius 1 is 1.38 bits per heavy atom. The Morgan fingerprint density at radius 2 is 2.08 bits per heavy atom. The predicted molar refractivity (Wildman–Crippen MR) is 52.0 cm³/mol. The van der Waals surface area contributed by atoms with Gasteiger partial charge in [0.2, 0.25) is 5.82 Å². The van der Waals surface area contributed by atoms with Crippen LogP contribution in [-0.2, 0) is 0 Å². The predicted octanol–water partition coefficient (Wildman–Crippen LogP) is 1.48. The smallest absolute Gasteiger partial charge is 0.226 e. The molecular formula is C9H6BrN3. The number of aromatic nitrogens is 2. The normalized spacial score (nSPS) is 8.31. The van der Waals surface area contributed by atoms with E-state index in [1.54, 1.807) is 12.4 Å². The molecule has 0 aliphatic carbocycles. The number of nitrogens with zero attached hydrogens (tertiary/aromatic N) is 3. The minimum atomic E-state index is 0.172. The Hall–Kier alpha value is -1.39. The zero-order valence-corrected chi connectivity index (χ0v) is 8.37. The van der Waals surface area contributed by atoms with Gasteiger partial charge in [0.15, 0.2) is 0 Å². The molecule has 0 aromatic carbocycles. The summed E-state index contributed by atoms with van der Waals surface area (Å²) in [5.74, 6) is 5.98. The molecule has 0 bridgehead atoms. The largest absolute Gasteiger partial charge is 0.232 e. The molecule has 0 unspecified atom stereocenters. The van der Waals surface area contributed by atoms with Gasteiger partial charge in [-0.05, 0) is 0 Å². The summed E-state index contributed by atoms with van der Waals surface area (Å²) < 4.78 is 0. The van der Waals surface area contributed by atoms with E-state index in [0.717, 1.165) is 17.3 Å². The Morgan fingerprint density at radius 3 is 2.62 bits per heavy atom. The summed E-state index contributed by atoms with van der Waals surface area (Å²) in [7, 11) is 0. The van der Waals surface area contributed by atoms with Crippen molar-refractivity contribution >= 4 is 15.9 Å². The molecule has 3 nitrogen and oxygen atoms in total. The zero-order chi connectivity index (χ0) is 9.52. The molecule has 0 saturated heterocycles. The lowest BCUT2D eigenvalue weighted by molar-refractivity contribution is 1.10. The molecule has 1 heterocycles. The molecule has 64 valence electrons. The van der Waals surface area contributed by atoms with E-state index in [0.29, 0.717) is 0 Å². The molecule has 0 aliphatic heterocycles. The first-order valence-corrected chi connectivity index (χ1v) is 4.76. The van der Waals surface area contributed by atoms with E-state index in [1.165, 1.54) is 0 Å². The molecule has 1 aromatic heterocycles. The molecule has 13 heavy (non-hydrogen) atoms. The van der Waals surface area contributed by atoms with Crippen molar-refractivity contribution in [3.63, 3.8) is 0 Å². The van der Waals surface area contributed by atoms with Crippen molar-refractivity contribution in [2.75, 3.05) is 5.33 Å². The van der Waals surface area contributed by atoms with Crippen molar-refractivity contribution in [2.45, 2.75) is 6.42 Å². The van der Waals surface area contributed by atoms with Crippen molar-refractivity contribution in [3.05, 3.63) is 23.8 Å². The molecule has 1 aromatic rings. The first-order valence-electron chi connectivity index (χ1n) is 3.64. The first kappa shape index (κ1) is 9.70. The lowest BCUT2D eigenvalue weighted by Crippen LogP contribution is -1.88. The third kappa shape index (κ3) is 3.23. The van der Waals surface area contributed by atoms with Crippen LogP contribution in [0.2, 0.25) is 0 Å². The molecule has 0 N–H and O–H groups in total. The number of halogens is 1. The highest BCUT2D eigenvalue weighted by Gasteiger charge is 1.91. The van der Waals surface area contributed by atoms with Crippen LogP contribution in [0.15, 0.2) is 12.4 Å². The van der Waals surface area contributed by atoms with E-state index in [9.17, 15) is 0 Å². The highest BCUT2D eigenvalue weighted by molar-refractivity contribution is 9.09. The van der Waals surface area contributed by atoms with Crippen LogP contribution in [-0.4, -0.2) is 15.3 Å². The lowest BCUT2D eigenvalue weighted by Gasteiger charge is -1.87. The van der Waals surface area contributed by atoms with E-state index in [1.807, 2.05) is 6.07 Å². The van der Waals surface area contributed by atoms with Gasteiger partial charge in [-0.15, -0.1) is 0 Å². The molecule has 0 fully saturated rings. The summed E-state index contributed by atoms with van der Waals surface area (Å²) >= 11 is 3.27. The van der Waals surface area contributed by atoms with Gasteiger partial charge in [0.05, 0.1) is 5.56 Å². The summed E-state index contributed by atoms with van der Waals surface area (Å²) in [4.78, 5) is 7.58. The van der Waals surface area contributed by atoms with Crippen molar-refractivity contribution in [1.29, 1.82) is 5.26 Å². The summed E-state index contributed by atoms with van der Waals surface area (Å²) in [5.41, 5.74) is 0.736. The van der Waals surface area contributed by atoms with Crippen molar-refractivity contribution in [3.8, 4) is 17.9 Å². The van der Waals surface area contributed by atoms with Crippen LogP contribution in [0.5, 0.6) is 0 Å². The zero-order valence-electron chi connectivity index (χ0n) is 6.79. The van der Waals surface area contributed by atoms with E-state index in [2.05, 4.69) is 37.7 Å². The Balaban J connectivity index is 2.72. The van der Waals surface area contributed by atoms with Crippen molar-refractivity contribution < 1.29 is 0 Å². The van der Waals surface area contributed by atoms with Gasteiger partial charge < -0.3 is 0 Å². The van der Waals surface area contributed by atoms with Gasteiger partial charge in [0.1, 0.15) is 6.07 Å². The quantitative estimate of drug-likeness (QED) is 0.548. The number of hydrogen-bond acceptors (Lipinski definition) is 3. The molecule has 0 atom stereocenters. The summed E-state index contributed by atoms with van der Waals surface area (Å²) in [5, 5.41) is 9.28. The SMILES string of the molecule is N#Cc1ncc(C#CCCBr)cn1. The summed E-state index contributed by atoms with van der Waals surface area (Å²) in [6.07, 6.45) is 3.89. The van der Waals surface area contributed by atoms with Gasteiger partial charge in [0, 0.05) is 24.1 Å². The van der Waals surface area contributed by atoms with Crippen LogP contribution in [0, 0.1) is 23.2 Å². The number of rotatable bonds is 1. The van der Waals surface area contributed by atoms with Crippen molar-refractivity contribution in [1.82, 2.24) is 9.97 Å². The summed E-state index contributed by atoms with van der Waals surface area (Å²) in [6.45, 7) is 0. The van der Waals surface area contributed by atoms with Crippen molar-refractivity contribution in [2.24, 2.45) is 0 Å². The average Bonchev–Trinajstić information content (AvgIpc) is 2.19. The van der Waals surface area contributed by atoms with Gasteiger partial charge in [-0.1, -0.05) is 27.8 Å². The Bertz CT molecular complexity index is 367. The van der Waals surface area contributed by atoms with Gasteiger partial charge >= 0.3 is 0 Å². The second-order valence-corrected chi connectivity index (χ2v) is 2.94. The maximum atomic E-state index is 8.43. The number of nitriles is 1. The average molecular weight is 236 g/mol. The molecule has 1 rings (SSSR count). The topological polar surface area (TPSA) is 49.6 Å². The van der Waals surface area contributed by atoms with Crippen LogP contribution in [0.1, 0.15) is 17.8 Å². The number of hydrogen-bond donors (Lipinski definition) is 0. The monoisotopic (exact) mass is 235 g/mol. The van der Waals surface area contributed by atoms with Crippen LogP contribution in [0.3, 0.4) is 0 Å². The molecule has 4 heteroatoms. The third-order valence-corrected chi connectivity index (χ3v) is 1.60. The molecule has 0 amide bonds. The first-order chi connectivity index (χ1) is 6.36. The number of alkyl halides is 1. The minimum absolute atomic E-state index is 0.172. The van der Waals surface area contributed by atoms with Gasteiger partial charge in [-0.3, -0.25) is 0 Å². The second-order valence-electron chi connectivity index (χ2n) is 2.15. The van der Waals surface area contributed by atoms with Crippen LogP contribution in [0.4, 0.5) is 0 Å². The van der Waals surface area contributed by atoms with E-state index in [4.69, 9.17) is 5.26 Å². The van der Waals surface area contributed by atoms with E-state index < -0.39 is 0 Å². The summed E-state index contributed by atoms with van der Waals surface area (Å²) in [6, 6.07) is 1.84. The molecule has 0 aliphatic rings. The maximum absolute atomic E-state index is 8.43. The fourth-order valence-corrected chi connectivity index (χ4v) is 0.860. The molecular weight excluding hydrogens is 230 g/mol. The van der Waals surface area contributed by atoms with Crippen LogP contribution in [0.25, 0.3) is 0 Å². The standard InChI is InChI=1S/C9H6BrN3/c10-4-2-1-3-8-6-12-9(5-11)13-7-8/h6-7H,2,4H2. The molecule has 0 radical (unpaired) electrons.